The highest BCUT2D eigenvalue weighted by Gasteiger charge is 2.48. The Morgan fingerprint density at radius 1 is 1.22 bits per heavy atom. The molecule has 4 N–H and O–H groups in total. The van der Waals surface area contributed by atoms with E-state index in [1.807, 2.05) is 13.8 Å². The predicted octanol–water partition coefficient (Wildman–Crippen LogP) is -0.253. The SMILES string of the molecule is CCCCC(C)C1OC(C(=O)O)C(O)C(O)C1O. The third-order valence-electron chi connectivity index (χ3n) is 3.47. The van der Waals surface area contributed by atoms with Crippen molar-refractivity contribution in [3.8, 4) is 0 Å². The summed E-state index contributed by atoms with van der Waals surface area (Å²) in [7, 11) is 0. The van der Waals surface area contributed by atoms with Crippen LogP contribution in [0, 0.1) is 5.92 Å². The Balaban J connectivity index is 2.75. The van der Waals surface area contributed by atoms with Crippen LogP contribution in [0.2, 0.25) is 0 Å². The lowest BCUT2D eigenvalue weighted by molar-refractivity contribution is -0.237. The van der Waals surface area contributed by atoms with E-state index in [9.17, 15) is 20.1 Å². The van der Waals surface area contributed by atoms with Crippen LogP contribution in [0.15, 0.2) is 0 Å². The Labute approximate surface area is 106 Å². The molecule has 0 saturated carbocycles. The van der Waals surface area contributed by atoms with Crippen LogP contribution >= 0.6 is 0 Å². The van der Waals surface area contributed by atoms with Gasteiger partial charge in [0.25, 0.3) is 0 Å². The van der Waals surface area contributed by atoms with Gasteiger partial charge in [0.2, 0.25) is 0 Å². The molecule has 0 radical (unpaired) electrons. The molecule has 106 valence electrons. The summed E-state index contributed by atoms with van der Waals surface area (Å²) in [6.07, 6.45) is -3.92. The van der Waals surface area contributed by atoms with E-state index in [0.29, 0.717) is 0 Å². The zero-order valence-electron chi connectivity index (χ0n) is 10.7. The number of rotatable bonds is 5. The number of hydrogen-bond donors (Lipinski definition) is 4. The fourth-order valence-corrected chi connectivity index (χ4v) is 2.27. The minimum Gasteiger partial charge on any atom is -0.479 e. The zero-order chi connectivity index (χ0) is 13.9. The smallest absolute Gasteiger partial charge is 0.335 e. The second-order valence-electron chi connectivity index (χ2n) is 4.95. The molecule has 1 fully saturated rings. The topological polar surface area (TPSA) is 107 Å². The van der Waals surface area contributed by atoms with Crippen molar-refractivity contribution < 1.29 is 30.0 Å². The monoisotopic (exact) mass is 262 g/mol. The first-order valence-corrected chi connectivity index (χ1v) is 6.32. The number of aliphatic hydroxyl groups excluding tert-OH is 3. The number of ether oxygens (including phenoxy) is 1. The first-order chi connectivity index (χ1) is 8.40. The van der Waals surface area contributed by atoms with Gasteiger partial charge in [-0.15, -0.1) is 0 Å². The summed E-state index contributed by atoms with van der Waals surface area (Å²) >= 11 is 0. The first-order valence-electron chi connectivity index (χ1n) is 6.32. The van der Waals surface area contributed by atoms with E-state index in [4.69, 9.17) is 9.84 Å². The summed E-state index contributed by atoms with van der Waals surface area (Å²) in [5.41, 5.74) is 0. The second-order valence-corrected chi connectivity index (χ2v) is 4.95. The van der Waals surface area contributed by atoms with E-state index < -0.39 is 36.5 Å². The number of carbonyl (C=O) groups is 1. The quantitative estimate of drug-likeness (QED) is 0.544. The van der Waals surface area contributed by atoms with Crippen LogP contribution in [0.5, 0.6) is 0 Å². The maximum atomic E-state index is 10.9. The molecule has 0 amide bonds. The summed E-state index contributed by atoms with van der Waals surface area (Å²) in [4.78, 5) is 10.9. The summed E-state index contributed by atoms with van der Waals surface area (Å²) < 4.78 is 5.24. The molecular weight excluding hydrogens is 240 g/mol. The fourth-order valence-electron chi connectivity index (χ4n) is 2.27. The molecule has 6 heteroatoms. The van der Waals surface area contributed by atoms with E-state index in [-0.39, 0.29) is 5.92 Å². The Kier molecular flexibility index (Phi) is 5.52. The zero-order valence-corrected chi connectivity index (χ0v) is 10.7. The molecule has 0 bridgehead atoms. The van der Waals surface area contributed by atoms with Gasteiger partial charge >= 0.3 is 5.97 Å². The molecular formula is C12H22O6. The van der Waals surface area contributed by atoms with Crippen LogP contribution in [-0.4, -0.2) is 56.9 Å². The lowest BCUT2D eigenvalue weighted by atomic mass is 9.86. The summed E-state index contributed by atoms with van der Waals surface area (Å²) in [5.74, 6) is -1.41. The molecule has 18 heavy (non-hydrogen) atoms. The maximum Gasteiger partial charge on any atom is 0.335 e. The van der Waals surface area contributed by atoms with Gasteiger partial charge in [0.1, 0.15) is 18.3 Å². The lowest BCUT2D eigenvalue weighted by Gasteiger charge is -2.41. The largest absolute Gasteiger partial charge is 0.479 e. The van der Waals surface area contributed by atoms with Gasteiger partial charge in [-0.1, -0.05) is 26.7 Å². The number of carboxylic acids is 1. The molecule has 1 aliphatic rings. The minimum atomic E-state index is -1.60. The molecule has 1 rings (SSSR count). The van der Waals surface area contributed by atoms with Gasteiger partial charge < -0.3 is 25.2 Å². The Bertz CT molecular complexity index is 282. The van der Waals surface area contributed by atoms with Crippen molar-refractivity contribution in [3.05, 3.63) is 0 Å². The van der Waals surface area contributed by atoms with Crippen molar-refractivity contribution in [1.82, 2.24) is 0 Å². The van der Waals surface area contributed by atoms with E-state index in [1.54, 1.807) is 0 Å². The molecule has 6 unspecified atom stereocenters. The molecule has 1 heterocycles. The Morgan fingerprint density at radius 3 is 2.33 bits per heavy atom. The molecule has 6 atom stereocenters. The average molecular weight is 262 g/mol. The van der Waals surface area contributed by atoms with Crippen LogP contribution in [-0.2, 0) is 9.53 Å². The van der Waals surface area contributed by atoms with Crippen molar-refractivity contribution in [1.29, 1.82) is 0 Å². The fraction of sp³-hybridized carbons (Fsp3) is 0.917. The van der Waals surface area contributed by atoms with Gasteiger partial charge in [-0.05, 0) is 12.3 Å². The molecule has 6 nitrogen and oxygen atoms in total. The van der Waals surface area contributed by atoms with E-state index in [1.165, 1.54) is 0 Å². The number of carboxylic acid groups (broad SMARTS) is 1. The Hall–Kier alpha value is -0.690. The Morgan fingerprint density at radius 2 is 1.83 bits per heavy atom. The van der Waals surface area contributed by atoms with E-state index >= 15 is 0 Å². The van der Waals surface area contributed by atoms with Gasteiger partial charge in [0, 0.05) is 0 Å². The molecule has 0 spiro atoms. The van der Waals surface area contributed by atoms with Crippen LogP contribution in [0.3, 0.4) is 0 Å². The highest BCUT2D eigenvalue weighted by atomic mass is 16.6. The first kappa shape index (κ1) is 15.4. The molecule has 1 saturated heterocycles. The molecule has 1 aliphatic heterocycles. The summed E-state index contributed by atoms with van der Waals surface area (Å²) in [6, 6.07) is 0. The van der Waals surface area contributed by atoms with Crippen molar-refractivity contribution >= 4 is 5.97 Å². The van der Waals surface area contributed by atoms with Gasteiger partial charge in [-0.3, -0.25) is 0 Å². The highest BCUT2D eigenvalue weighted by Crippen LogP contribution is 2.28. The number of aliphatic carboxylic acids is 1. The lowest BCUT2D eigenvalue weighted by Crippen LogP contribution is -2.61. The predicted molar refractivity (Wildman–Crippen MR) is 63.0 cm³/mol. The third-order valence-corrected chi connectivity index (χ3v) is 3.47. The van der Waals surface area contributed by atoms with Crippen LogP contribution in [0.1, 0.15) is 33.1 Å². The number of hydrogen-bond acceptors (Lipinski definition) is 5. The van der Waals surface area contributed by atoms with Crippen LogP contribution < -0.4 is 0 Å². The van der Waals surface area contributed by atoms with Crippen molar-refractivity contribution in [2.75, 3.05) is 0 Å². The van der Waals surface area contributed by atoms with E-state index in [2.05, 4.69) is 0 Å². The molecule has 0 aromatic heterocycles. The third kappa shape index (κ3) is 3.20. The standard InChI is InChI=1S/C12H22O6/c1-3-4-5-6(2)10-8(14)7(13)9(15)11(18-10)12(16)17/h6-11,13-15H,3-5H2,1-2H3,(H,16,17). The van der Waals surface area contributed by atoms with Gasteiger partial charge in [-0.2, -0.15) is 0 Å². The molecule has 0 aromatic rings. The van der Waals surface area contributed by atoms with Gasteiger partial charge in [0.15, 0.2) is 6.10 Å². The van der Waals surface area contributed by atoms with E-state index in [0.717, 1.165) is 19.3 Å². The molecule has 0 aromatic carbocycles. The van der Waals surface area contributed by atoms with Gasteiger partial charge in [0.05, 0.1) is 6.10 Å². The number of unbranched alkanes of at least 4 members (excludes halogenated alkanes) is 1. The number of aliphatic hydroxyl groups is 3. The minimum absolute atomic E-state index is 0.0797. The summed E-state index contributed by atoms with van der Waals surface area (Å²) in [5, 5.41) is 38.0. The maximum absolute atomic E-state index is 10.9. The van der Waals surface area contributed by atoms with Crippen molar-refractivity contribution in [3.63, 3.8) is 0 Å². The highest BCUT2D eigenvalue weighted by molar-refractivity contribution is 5.73. The normalized spacial score (nSPS) is 38.4. The molecule has 0 aliphatic carbocycles. The second kappa shape index (κ2) is 6.47. The summed E-state index contributed by atoms with van der Waals surface area (Å²) in [6.45, 7) is 3.87. The average Bonchev–Trinajstić information content (AvgIpc) is 2.33. The van der Waals surface area contributed by atoms with Crippen LogP contribution in [0.4, 0.5) is 0 Å². The van der Waals surface area contributed by atoms with Gasteiger partial charge in [-0.25, -0.2) is 4.79 Å². The van der Waals surface area contributed by atoms with Crippen molar-refractivity contribution in [2.24, 2.45) is 5.92 Å². The van der Waals surface area contributed by atoms with Crippen LogP contribution in [0.25, 0.3) is 0 Å². The van der Waals surface area contributed by atoms with Crippen molar-refractivity contribution in [2.45, 2.75) is 63.6 Å².